The Hall–Kier alpha value is -1.71. The average Bonchev–Trinajstić information content (AvgIpc) is 2.72. The van der Waals surface area contributed by atoms with Crippen molar-refractivity contribution in [1.82, 2.24) is 4.90 Å². The summed E-state index contributed by atoms with van der Waals surface area (Å²) in [7, 11) is -3.09. The first-order valence-electron chi connectivity index (χ1n) is 6.38. The number of benzene rings is 1. The van der Waals surface area contributed by atoms with Gasteiger partial charge >= 0.3 is 0 Å². The van der Waals surface area contributed by atoms with Crippen LogP contribution < -0.4 is 0 Å². The molecule has 1 fully saturated rings. The second kappa shape index (κ2) is 6.37. The summed E-state index contributed by atoms with van der Waals surface area (Å²) in [6.45, 7) is 3.01. The van der Waals surface area contributed by atoms with E-state index in [-0.39, 0.29) is 11.8 Å². The van der Waals surface area contributed by atoms with E-state index in [0.717, 1.165) is 18.7 Å². The molecule has 2 aliphatic rings. The molecule has 1 atom stereocenters. The molecule has 3 rings (SSSR count). The Morgan fingerprint density at radius 1 is 1.29 bits per heavy atom. The van der Waals surface area contributed by atoms with Crippen LogP contribution >= 0.6 is 0 Å². The predicted octanol–water partition coefficient (Wildman–Crippen LogP) is 0.499. The highest BCUT2D eigenvalue weighted by Crippen LogP contribution is 2.37. The van der Waals surface area contributed by atoms with Crippen LogP contribution in [0.4, 0.5) is 0 Å². The number of nitrogens with zero attached hydrogens (tertiary/aromatic N) is 2. The van der Waals surface area contributed by atoms with Gasteiger partial charge in [-0.1, -0.05) is 18.2 Å². The summed E-state index contributed by atoms with van der Waals surface area (Å²) in [6, 6.07) is 7.36. The lowest BCUT2D eigenvalue weighted by Crippen LogP contribution is -2.39. The monoisotopic (exact) mass is 316 g/mol. The van der Waals surface area contributed by atoms with Crippen molar-refractivity contribution in [3.8, 4) is 0 Å². The minimum atomic E-state index is -3.09. The zero-order chi connectivity index (χ0) is 15.5. The highest BCUT2D eigenvalue weighted by atomic mass is 32.2. The van der Waals surface area contributed by atoms with Crippen molar-refractivity contribution >= 4 is 9.84 Å². The quantitative estimate of drug-likeness (QED) is 0.593. The van der Waals surface area contributed by atoms with Gasteiger partial charge in [-0.2, -0.15) is 0 Å². The summed E-state index contributed by atoms with van der Waals surface area (Å²) in [5.41, 5.74) is 0.953. The molecule has 1 aromatic carbocycles. The van der Waals surface area contributed by atoms with E-state index in [1.54, 1.807) is 12.1 Å². The Morgan fingerprint density at radius 2 is 1.86 bits per heavy atom. The van der Waals surface area contributed by atoms with Gasteiger partial charge in [-0.3, -0.25) is 4.90 Å². The van der Waals surface area contributed by atoms with Gasteiger partial charge < -0.3 is 9.94 Å². The first kappa shape index (κ1) is 15.7. The third kappa shape index (κ3) is 3.69. The first-order valence-corrected chi connectivity index (χ1v) is 8.04. The van der Waals surface area contributed by atoms with Crippen molar-refractivity contribution in [2.75, 3.05) is 32.1 Å². The van der Waals surface area contributed by atoms with Crippen molar-refractivity contribution in [1.29, 1.82) is 0 Å². The molecule has 2 heterocycles. The number of morpholine rings is 1. The largest absolute Gasteiger partial charge is 0.379 e. The summed E-state index contributed by atoms with van der Waals surface area (Å²) < 4.78 is 29.4. The third-order valence-corrected chi connectivity index (χ3v) is 5.27. The summed E-state index contributed by atoms with van der Waals surface area (Å²) in [6.07, 6.45) is 0. The lowest BCUT2D eigenvalue weighted by molar-refractivity contribution is -0.742. The van der Waals surface area contributed by atoms with Crippen molar-refractivity contribution in [3.05, 3.63) is 39.9 Å². The maximum absolute atomic E-state index is 12.0. The van der Waals surface area contributed by atoms with Crippen LogP contribution in [0.3, 0.4) is 0 Å². The maximum Gasteiger partial charge on any atom is 0.291 e. The van der Waals surface area contributed by atoms with Crippen LogP contribution in [0.2, 0.25) is 0 Å². The molecule has 0 spiro atoms. The van der Waals surface area contributed by atoms with Crippen LogP contribution in [-0.4, -0.2) is 55.7 Å². The van der Waals surface area contributed by atoms with Gasteiger partial charge in [-0.25, -0.2) is 8.42 Å². The smallest absolute Gasteiger partial charge is 0.291 e. The van der Waals surface area contributed by atoms with E-state index in [1.807, 2.05) is 12.1 Å². The minimum Gasteiger partial charge on any atom is -0.379 e. The van der Waals surface area contributed by atoms with Crippen LogP contribution in [-0.2, 0) is 14.6 Å². The average molecular weight is 316 g/mol. The van der Waals surface area contributed by atoms with Gasteiger partial charge in [0.1, 0.15) is 0 Å². The van der Waals surface area contributed by atoms with Crippen molar-refractivity contribution < 1.29 is 23.4 Å². The molecule has 2 aliphatic heterocycles. The van der Waals surface area contributed by atoms with E-state index < -0.39 is 14.9 Å². The number of hydrogen-bond donors (Lipinski definition) is 1. The van der Waals surface area contributed by atoms with Gasteiger partial charge in [-0.15, -0.1) is 10.1 Å². The number of fused-ring (bicyclic) bond motifs is 1. The molecule has 0 aromatic heterocycles. The fraction of sp³-hybridized carbons (Fsp3) is 0.500. The predicted molar refractivity (Wildman–Crippen MR) is 72.4 cm³/mol. The van der Waals surface area contributed by atoms with E-state index in [0.29, 0.717) is 18.1 Å². The normalized spacial score (nSPS) is 23.7. The van der Waals surface area contributed by atoms with Gasteiger partial charge in [0.05, 0.1) is 29.9 Å². The summed E-state index contributed by atoms with van der Waals surface area (Å²) in [5, 5.41) is 13.6. The molecule has 0 radical (unpaired) electrons. The molecule has 116 valence electrons. The molecular weight excluding hydrogens is 300 g/mol. The van der Waals surface area contributed by atoms with Gasteiger partial charge in [0.2, 0.25) is 0 Å². The van der Waals surface area contributed by atoms with Crippen LogP contribution in [0.25, 0.3) is 0 Å². The maximum atomic E-state index is 12.0. The Morgan fingerprint density at radius 3 is 2.48 bits per heavy atom. The second-order valence-electron chi connectivity index (χ2n) is 4.72. The number of sulfone groups is 1. The lowest BCUT2D eigenvalue weighted by atomic mass is 10.1. The standard InChI is InChI=1S/C12H15NO3S.HNO3/c14-17(15)9-11(13-5-7-16-8-6-13)10-3-1-2-4-12(10)17;2-1(3)4/h1-4,11H,5-9H2;(H,2,3,4). The number of hydrogen-bond acceptors (Lipinski definition) is 6. The Bertz CT molecular complexity index is 608. The van der Waals surface area contributed by atoms with Gasteiger partial charge in [0.15, 0.2) is 9.84 Å². The van der Waals surface area contributed by atoms with E-state index in [2.05, 4.69) is 4.90 Å². The molecule has 1 unspecified atom stereocenters. The van der Waals surface area contributed by atoms with E-state index >= 15 is 0 Å². The van der Waals surface area contributed by atoms with E-state index in [9.17, 15) is 8.42 Å². The SMILES string of the molecule is O=S1(=O)CC(N2CCOCC2)c2ccccc21.O=[N+]([O-])O. The molecule has 0 bridgehead atoms. The molecule has 1 saturated heterocycles. The van der Waals surface area contributed by atoms with Crippen molar-refractivity contribution in [2.24, 2.45) is 0 Å². The molecule has 0 amide bonds. The van der Waals surface area contributed by atoms with Crippen LogP contribution in [0.15, 0.2) is 29.2 Å². The molecule has 1 aromatic rings. The molecular formula is C12H16N2O6S. The fourth-order valence-electron chi connectivity index (χ4n) is 2.62. The summed E-state index contributed by atoms with van der Waals surface area (Å²) >= 11 is 0. The van der Waals surface area contributed by atoms with E-state index in [4.69, 9.17) is 20.1 Å². The molecule has 1 N–H and O–H groups in total. The minimum absolute atomic E-state index is 0.0140. The highest BCUT2D eigenvalue weighted by molar-refractivity contribution is 7.91. The number of rotatable bonds is 1. The zero-order valence-corrected chi connectivity index (χ0v) is 12.0. The van der Waals surface area contributed by atoms with Crippen LogP contribution in [0, 0.1) is 10.1 Å². The summed E-state index contributed by atoms with van der Waals surface area (Å²) in [4.78, 5) is 11.1. The molecule has 21 heavy (non-hydrogen) atoms. The van der Waals surface area contributed by atoms with Crippen LogP contribution in [0.1, 0.15) is 11.6 Å². The van der Waals surface area contributed by atoms with Crippen LogP contribution in [0.5, 0.6) is 0 Å². The topological polar surface area (TPSA) is 110 Å². The first-order chi connectivity index (χ1) is 9.92. The number of ether oxygens (including phenoxy) is 1. The molecule has 8 nitrogen and oxygen atoms in total. The fourth-order valence-corrected chi connectivity index (χ4v) is 4.45. The second-order valence-corrected chi connectivity index (χ2v) is 6.72. The Kier molecular flexibility index (Phi) is 4.76. The molecule has 0 aliphatic carbocycles. The molecule has 0 saturated carbocycles. The van der Waals surface area contributed by atoms with Crippen molar-refractivity contribution in [2.45, 2.75) is 10.9 Å². The molecule has 9 heteroatoms. The van der Waals surface area contributed by atoms with Crippen molar-refractivity contribution in [3.63, 3.8) is 0 Å². The third-order valence-electron chi connectivity index (χ3n) is 3.48. The van der Waals surface area contributed by atoms with E-state index in [1.165, 1.54) is 0 Å². The highest BCUT2D eigenvalue weighted by Gasteiger charge is 2.37. The Labute approximate surface area is 122 Å². The van der Waals surface area contributed by atoms with Gasteiger partial charge in [0.25, 0.3) is 5.09 Å². The Balaban J connectivity index is 0.000000361. The van der Waals surface area contributed by atoms with Gasteiger partial charge in [-0.05, 0) is 11.6 Å². The lowest BCUT2D eigenvalue weighted by Gasteiger charge is -2.31. The van der Waals surface area contributed by atoms with Gasteiger partial charge in [0, 0.05) is 13.1 Å². The summed E-state index contributed by atoms with van der Waals surface area (Å²) in [5.74, 6) is 0.215. The zero-order valence-electron chi connectivity index (χ0n) is 11.2.